The maximum Gasteiger partial charge on any atom is 0.195 e. The molecule has 0 saturated carbocycles. The molecule has 0 amide bonds. The van der Waals surface area contributed by atoms with Crippen LogP contribution >= 0.6 is 0 Å². The monoisotopic (exact) mass is 267 g/mol. The quantitative estimate of drug-likeness (QED) is 0.849. The molecule has 106 valence electrons. The number of benzene rings is 1. The number of hydrogen-bond donors (Lipinski definition) is 1. The summed E-state index contributed by atoms with van der Waals surface area (Å²) in [6.07, 6.45) is 1.58. The van der Waals surface area contributed by atoms with E-state index in [1.807, 2.05) is 18.2 Å². The van der Waals surface area contributed by atoms with Gasteiger partial charge >= 0.3 is 0 Å². The number of hydrogen-bond acceptors (Lipinski definition) is 5. The summed E-state index contributed by atoms with van der Waals surface area (Å²) in [7, 11) is 3.23. The number of nitrogens with two attached hydrogens (primary N) is 1. The van der Waals surface area contributed by atoms with Gasteiger partial charge in [0.05, 0.1) is 27.4 Å². The minimum Gasteiger partial charge on any atom is -0.493 e. The van der Waals surface area contributed by atoms with Crippen LogP contribution in [0.5, 0.6) is 11.5 Å². The Bertz CT molecular complexity index is 416. The third kappa shape index (κ3) is 2.83. The lowest BCUT2D eigenvalue weighted by Gasteiger charge is -2.28. The average Bonchev–Trinajstić information content (AvgIpc) is 2.94. The van der Waals surface area contributed by atoms with E-state index in [0.717, 1.165) is 18.4 Å². The summed E-state index contributed by atoms with van der Waals surface area (Å²) in [5.74, 6) is 0.670. The zero-order valence-corrected chi connectivity index (χ0v) is 11.5. The number of rotatable bonds is 6. The van der Waals surface area contributed by atoms with Gasteiger partial charge in [-0.05, 0) is 31.2 Å². The van der Waals surface area contributed by atoms with Gasteiger partial charge in [0.25, 0.3) is 0 Å². The smallest absolute Gasteiger partial charge is 0.195 e. The summed E-state index contributed by atoms with van der Waals surface area (Å²) in [6, 6.07) is 5.72. The summed E-state index contributed by atoms with van der Waals surface area (Å²) in [6.45, 7) is 1.81. The van der Waals surface area contributed by atoms with Crippen molar-refractivity contribution in [3.63, 3.8) is 0 Å². The lowest BCUT2D eigenvalue weighted by molar-refractivity contribution is -0.171. The van der Waals surface area contributed by atoms with Crippen molar-refractivity contribution in [2.45, 2.75) is 18.6 Å². The van der Waals surface area contributed by atoms with Gasteiger partial charge in [0.2, 0.25) is 0 Å². The van der Waals surface area contributed by atoms with Crippen LogP contribution in [-0.2, 0) is 15.3 Å². The second kappa shape index (κ2) is 6.23. The van der Waals surface area contributed by atoms with Crippen LogP contribution in [0.25, 0.3) is 0 Å². The normalized spacial score (nSPS) is 17.4. The third-order valence-electron chi connectivity index (χ3n) is 3.29. The van der Waals surface area contributed by atoms with Crippen LogP contribution in [0.1, 0.15) is 18.4 Å². The van der Waals surface area contributed by atoms with Gasteiger partial charge in [-0.2, -0.15) is 0 Å². The Labute approximate surface area is 113 Å². The highest BCUT2D eigenvalue weighted by Crippen LogP contribution is 2.39. The van der Waals surface area contributed by atoms with E-state index in [1.165, 1.54) is 0 Å². The summed E-state index contributed by atoms with van der Waals surface area (Å²) < 4.78 is 22.2. The number of ether oxygens (including phenoxy) is 4. The van der Waals surface area contributed by atoms with Crippen molar-refractivity contribution in [2.75, 3.05) is 34.0 Å². The first kappa shape index (κ1) is 14.1. The minimum absolute atomic E-state index is 0.596. The van der Waals surface area contributed by atoms with Gasteiger partial charge in [-0.3, -0.25) is 0 Å². The molecule has 19 heavy (non-hydrogen) atoms. The SMILES string of the molecule is COc1ccc(C2(CCCN)OCCO2)cc1OC. The molecule has 1 aliphatic rings. The van der Waals surface area contributed by atoms with Gasteiger partial charge < -0.3 is 24.7 Å². The topological polar surface area (TPSA) is 62.9 Å². The van der Waals surface area contributed by atoms with Crippen LogP contribution in [-0.4, -0.2) is 34.0 Å². The van der Waals surface area contributed by atoms with Gasteiger partial charge in [-0.1, -0.05) is 0 Å². The van der Waals surface area contributed by atoms with E-state index in [4.69, 9.17) is 24.7 Å². The fourth-order valence-corrected chi connectivity index (χ4v) is 2.32. The summed E-state index contributed by atoms with van der Waals surface area (Å²) in [5, 5.41) is 0. The van der Waals surface area contributed by atoms with E-state index in [0.29, 0.717) is 31.3 Å². The zero-order valence-electron chi connectivity index (χ0n) is 11.5. The molecule has 0 radical (unpaired) electrons. The summed E-state index contributed by atoms with van der Waals surface area (Å²) in [5.41, 5.74) is 6.53. The third-order valence-corrected chi connectivity index (χ3v) is 3.29. The molecule has 0 bridgehead atoms. The predicted molar refractivity (Wildman–Crippen MR) is 71.4 cm³/mol. The Kier molecular flexibility index (Phi) is 4.63. The molecule has 0 spiro atoms. The van der Waals surface area contributed by atoms with Gasteiger partial charge in [-0.25, -0.2) is 0 Å². The highest BCUT2D eigenvalue weighted by atomic mass is 16.7. The van der Waals surface area contributed by atoms with E-state index in [-0.39, 0.29) is 0 Å². The average molecular weight is 267 g/mol. The Morgan fingerprint density at radius 1 is 1.16 bits per heavy atom. The molecule has 1 aliphatic heterocycles. The first-order valence-corrected chi connectivity index (χ1v) is 6.46. The Morgan fingerprint density at radius 2 is 1.84 bits per heavy atom. The van der Waals surface area contributed by atoms with E-state index >= 15 is 0 Å². The van der Waals surface area contributed by atoms with Gasteiger partial charge in [0, 0.05) is 12.0 Å². The lowest BCUT2D eigenvalue weighted by atomic mass is 10.00. The van der Waals surface area contributed by atoms with E-state index in [2.05, 4.69) is 0 Å². The van der Waals surface area contributed by atoms with E-state index < -0.39 is 5.79 Å². The predicted octanol–water partition coefficient (Wildman–Crippen LogP) is 1.64. The molecule has 0 atom stereocenters. The molecule has 1 heterocycles. The fourth-order valence-electron chi connectivity index (χ4n) is 2.32. The molecule has 2 rings (SSSR count). The lowest BCUT2D eigenvalue weighted by Crippen LogP contribution is -2.28. The van der Waals surface area contributed by atoms with Gasteiger partial charge in [-0.15, -0.1) is 0 Å². The highest BCUT2D eigenvalue weighted by molar-refractivity contribution is 5.44. The second-order valence-corrected chi connectivity index (χ2v) is 4.41. The highest BCUT2D eigenvalue weighted by Gasteiger charge is 2.38. The van der Waals surface area contributed by atoms with E-state index in [9.17, 15) is 0 Å². The van der Waals surface area contributed by atoms with Crippen molar-refractivity contribution < 1.29 is 18.9 Å². The van der Waals surface area contributed by atoms with Crippen LogP contribution in [0.4, 0.5) is 0 Å². The first-order chi connectivity index (χ1) is 9.25. The Balaban J connectivity index is 2.31. The molecule has 5 nitrogen and oxygen atoms in total. The van der Waals surface area contributed by atoms with Crippen LogP contribution in [0.3, 0.4) is 0 Å². The molecular weight excluding hydrogens is 246 g/mol. The second-order valence-electron chi connectivity index (χ2n) is 4.41. The molecular formula is C14H21NO4. The van der Waals surface area contributed by atoms with Crippen molar-refractivity contribution in [1.29, 1.82) is 0 Å². The molecule has 0 aromatic heterocycles. The van der Waals surface area contributed by atoms with Gasteiger partial charge in [0.15, 0.2) is 17.3 Å². The molecule has 0 unspecified atom stereocenters. The molecule has 2 N–H and O–H groups in total. The summed E-state index contributed by atoms with van der Waals surface area (Å²) in [4.78, 5) is 0. The maximum atomic E-state index is 5.83. The molecule has 1 saturated heterocycles. The standard InChI is InChI=1S/C14H21NO4/c1-16-12-5-4-11(10-13(12)17-2)14(6-3-7-15)18-8-9-19-14/h4-5,10H,3,6-9,15H2,1-2H3. The van der Waals surface area contributed by atoms with Crippen LogP contribution in [0, 0.1) is 0 Å². The summed E-state index contributed by atoms with van der Waals surface area (Å²) >= 11 is 0. The van der Waals surface area contributed by atoms with Crippen LogP contribution in [0.15, 0.2) is 18.2 Å². The first-order valence-electron chi connectivity index (χ1n) is 6.46. The van der Waals surface area contributed by atoms with Crippen LogP contribution < -0.4 is 15.2 Å². The van der Waals surface area contributed by atoms with Crippen molar-refractivity contribution in [3.05, 3.63) is 23.8 Å². The molecule has 5 heteroatoms. The Morgan fingerprint density at radius 3 is 2.42 bits per heavy atom. The van der Waals surface area contributed by atoms with Crippen LogP contribution in [0.2, 0.25) is 0 Å². The molecule has 1 aromatic carbocycles. The van der Waals surface area contributed by atoms with E-state index in [1.54, 1.807) is 14.2 Å². The maximum absolute atomic E-state index is 5.83. The minimum atomic E-state index is -0.696. The molecule has 1 fully saturated rings. The Hall–Kier alpha value is -1.30. The largest absolute Gasteiger partial charge is 0.493 e. The van der Waals surface area contributed by atoms with Gasteiger partial charge in [0.1, 0.15) is 0 Å². The molecule has 0 aliphatic carbocycles. The zero-order chi connectivity index (χ0) is 13.7. The number of methoxy groups -OCH3 is 2. The van der Waals surface area contributed by atoms with Crippen molar-refractivity contribution in [1.82, 2.24) is 0 Å². The fraction of sp³-hybridized carbons (Fsp3) is 0.571. The van der Waals surface area contributed by atoms with Crippen molar-refractivity contribution >= 4 is 0 Å². The van der Waals surface area contributed by atoms with Crippen molar-refractivity contribution in [2.24, 2.45) is 5.73 Å². The molecule has 1 aromatic rings. The van der Waals surface area contributed by atoms with Crippen molar-refractivity contribution in [3.8, 4) is 11.5 Å².